The van der Waals surface area contributed by atoms with Gasteiger partial charge >= 0.3 is 0 Å². The van der Waals surface area contributed by atoms with E-state index in [4.69, 9.17) is 9.47 Å². The van der Waals surface area contributed by atoms with E-state index in [2.05, 4.69) is 0 Å². The molecule has 0 fully saturated rings. The predicted octanol–water partition coefficient (Wildman–Crippen LogP) is 2.61. The van der Waals surface area contributed by atoms with Crippen LogP contribution in [0.5, 0.6) is 11.5 Å². The number of carbonyl (C=O) groups is 1. The molecule has 2 N–H and O–H groups in total. The van der Waals surface area contributed by atoms with E-state index in [9.17, 15) is 24.5 Å². The average molecular weight is 415 g/mol. The van der Waals surface area contributed by atoms with Crippen LogP contribution in [0.15, 0.2) is 36.4 Å². The van der Waals surface area contributed by atoms with Crippen molar-refractivity contribution >= 4 is 12.0 Å². The number of ether oxygens (including phenoxy) is 2. The van der Waals surface area contributed by atoms with Crippen LogP contribution < -0.4 is 14.6 Å². The molecule has 6 nitrogen and oxygen atoms in total. The van der Waals surface area contributed by atoms with Crippen LogP contribution in [0.4, 0.5) is 4.39 Å². The molecule has 2 aromatic carbocycles. The van der Waals surface area contributed by atoms with Crippen molar-refractivity contribution in [1.82, 2.24) is 0 Å². The van der Waals surface area contributed by atoms with Crippen LogP contribution in [0, 0.1) is 5.82 Å². The Hall–Kier alpha value is -2.90. The number of aliphatic hydroxyl groups is 2. The van der Waals surface area contributed by atoms with Gasteiger partial charge in [0.05, 0.1) is 12.2 Å². The standard InChI is InChI=1S/C23H25FO6/c1-13(2)19-11-20-23(30-12-29-20)22(14-3-5-15(24)6-4-14)18(19)8-7-16(25)9-17(26)10-21(27)28/h3-8,11,13,16-17,25-26H,9-10,12H2,1-2H3,(H,27,28)/p-1/b8-7+. The van der Waals surface area contributed by atoms with E-state index in [0.717, 1.165) is 16.7 Å². The van der Waals surface area contributed by atoms with Crippen molar-refractivity contribution in [3.8, 4) is 22.6 Å². The number of carboxylic acid groups (broad SMARTS) is 1. The van der Waals surface area contributed by atoms with Gasteiger partial charge in [-0.2, -0.15) is 0 Å². The molecule has 7 heteroatoms. The van der Waals surface area contributed by atoms with Crippen LogP contribution in [-0.4, -0.2) is 35.2 Å². The minimum Gasteiger partial charge on any atom is -0.550 e. The van der Waals surface area contributed by atoms with Crippen molar-refractivity contribution in [2.45, 2.75) is 44.8 Å². The molecule has 2 atom stereocenters. The minimum atomic E-state index is -1.38. The molecule has 1 aliphatic rings. The van der Waals surface area contributed by atoms with Gasteiger partial charge in [-0.15, -0.1) is 0 Å². The monoisotopic (exact) mass is 415 g/mol. The number of aliphatic carboxylic acids is 1. The molecule has 160 valence electrons. The number of benzene rings is 2. The van der Waals surface area contributed by atoms with Gasteiger partial charge in [-0.25, -0.2) is 4.39 Å². The summed E-state index contributed by atoms with van der Waals surface area (Å²) in [6.07, 6.45) is 0.241. The lowest BCUT2D eigenvalue weighted by Gasteiger charge is -2.18. The number of rotatable bonds is 8. The van der Waals surface area contributed by atoms with Crippen molar-refractivity contribution in [2.24, 2.45) is 0 Å². The first-order valence-electron chi connectivity index (χ1n) is 9.72. The molecule has 0 amide bonds. The third-order valence-corrected chi connectivity index (χ3v) is 4.89. The molecule has 1 aliphatic heterocycles. The maximum Gasteiger partial charge on any atom is 0.231 e. The lowest BCUT2D eigenvalue weighted by molar-refractivity contribution is -0.307. The Kier molecular flexibility index (Phi) is 6.74. The van der Waals surface area contributed by atoms with Crippen LogP contribution in [-0.2, 0) is 4.79 Å². The first kappa shape index (κ1) is 21.8. The Bertz CT molecular complexity index is 936. The molecule has 0 radical (unpaired) electrons. The summed E-state index contributed by atoms with van der Waals surface area (Å²) in [5.41, 5.74) is 3.16. The van der Waals surface area contributed by atoms with Gasteiger partial charge < -0.3 is 29.6 Å². The van der Waals surface area contributed by atoms with Gasteiger partial charge in [-0.05, 0) is 40.8 Å². The number of carbonyl (C=O) groups excluding carboxylic acids is 1. The largest absolute Gasteiger partial charge is 0.550 e. The number of aliphatic hydroxyl groups excluding tert-OH is 2. The van der Waals surface area contributed by atoms with Gasteiger partial charge in [0, 0.05) is 24.4 Å². The average Bonchev–Trinajstić information content (AvgIpc) is 3.13. The first-order chi connectivity index (χ1) is 14.3. The molecule has 30 heavy (non-hydrogen) atoms. The smallest absolute Gasteiger partial charge is 0.231 e. The summed E-state index contributed by atoms with van der Waals surface area (Å²) in [6.45, 7) is 4.11. The molecule has 2 unspecified atom stereocenters. The third-order valence-electron chi connectivity index (χ3n) is 4.89. The fourth-order valence-corrected chi connectivity index (χ4v) is 3.48. The second-order valence-corrected chi connectivity index (χ2v) is 7.54. The molecule has 0 aliphatic carbocycles. The molecule has 0 bridgehead atoms. The summed E-state index contributed by atoms with van der Waals surface area (Å²) in [4.78, 5) is 10.6. The quantitative estimate of drug-likeness (QED) is 0.688. The zero-order chi connectivity index (χ0) is 21.8. The van der Waals surface area contributed by atoms with Crippen molar-refractivity contribution in [1.29, 1.82) is 0 Å². The molecular weight excluding hydrogens is 391 g/mol. The van der Waals surface area contributed by atoms with Crippen LogP contribution >= 0.6 is 0 Å². The second kappa shape index (κ2) is 9.28. The number of fused-ring (bicyclic) bond motifs is 1. The van der Waals surface area contributed by atoms with Gasteiger partial charge in [0.2, 0.25) is 6.79 Å². The highest BCUT2D eigenvalue weighted by molar-refractivity contribution is 5.85. The lowest BCUT2D eigenvalue weighted by atomic mass is 9.88. The van der Waals surface area contributed by atoms with E-state index < -0.39 is 24.6 Å². The van der Waals surface area contributed by atoms with Crippen LogP contribution in [0.2, 0.25) is 0 Å². The van der Waals surface area contributed by atoms with Crippen LogP contribution in [0.3, 0.4) is 0 Å². The van der Waals surface area contributed by atoms with Gasteiger partial charge in [0.15, 0.2) is 11.5 Å². The molecule has 0 saturated carbocycles. The number of carboxylic acids is 1. The maximum atomic E-state index is 13.5. The number of halogens is 1. The first-order valence-corrected chi connectivity index (χ1v) is 9.72. The van der Waals surface area contributed by atoms with E-state index in [0.29, 0.717) is 17.1 Å². The van der Waals surface area contributed by atoms with Gasteiger partial charge in [-0.1, -0.05) is 38.1 Å². The van der Waals surface area contributed by atoms with E-state index >= 15 is 0 Å². The van der Waals surface area contributed by atoms with Gasteiger partial charge in [-0.3, -0.25) is 0 Å². The SMILES string of the molecule is CC(C)c1cc2c(c(-c3ccc(F)cc3)c1/C=C/C(O)CC(O)CC(=O)[O-])OCO2. The van der Waals surface area contributed by atoms with Crippen LogP contribution in [0.25, 0.3) is 17.2 Å². The summed E-state index contributed by atoms with van der Waals surface area (Å²) in [5.74, 6) is -0.492. The Morgan fingerprint density at radius 3 is 2.57 bits per heavy atom. The van der Waals surface area contributed by atoms with E-state index in [1.165, 1.54) is 18.2 Å². The molecule has 0 spiro atoms. The van der Waals surface area contributed by atoms with Gasteiger partial charge in [0.1, 0.15) is 5.82 Å². The maximum absolute atomic E-state index is 13.5. The Labute approximate surface area is 174 Å². The predicted molar refractivity (Wildman–Crippen MR) is 107 cm³/mol. The van der Waals surface area contributed by atoms with Crippen LogP contribution in [0.1, 0.15) is 43.7 Å². The summed E-state index contributed by atoms with van der Waals surface area (Å²) in [6, 6.07) is 7.90. The van der Waals surface area contributed by atoms with Crippen molar-refractivity contribution in [3.63, 3.8) is 0 Å². The zero-order valence-corrected chi connectivity index (χ0v) is 16.8. The van der Waals surface area contributed by atoms with E-state index in [1.54, 1.807) is 18.2 Å². The van der Waals surface area contributed by atoms with Gasteiger partial charge in [0.25, 0.3) is 0 Å². The van der Waals surface area contributed by atoms with Crippen molar-refractivity contribution in [2.75, 3.05) is 6.79 Å². The fraction of sp³-hybridized carbons (Fsp3) is 0.348. The Balaban J connectivity index is 2.03. The highest BCUT2D eigenvalue weighted by Gasteiger charge is 2.25. The van der Waals surface area contributed by atoms with E-state index in [1.807, 2.05) is 19.9 Å². The molecule has 0 aromatic heterocycles. The number of hydrogen-bond acceptors (Lipinski definition) is 6. The summed E-state index contributed by atoms with van der Waals surface area (Å²) in [5, 5.41) is 30.6. The third kappa shape index (κ3) is 4.98. The normalized spacial score (nSPS) is 15.0. The molecular formula is C23H24FO6-. The second-order valence-electron chi connectivity index (χ2n) is 7.54. The Morgan fingerprint density at radius 2 is 1.93 bits per heavy atom. The summed E-state index contributed by atoms with van der Waals surface area (Å²) < 4.78 is 24.7. The highest BCUT2D eigenvalue weighted by Crippen LogP contribution is 2.47. The topological polar surface area (TPSA) is 99.1 Å². The molecule has 2 aromatic rings. The van der Waals surface area contributed by atoms with Crippen molar-refractivity contribution in [3.05, 3.63) is 53.4 Å². The van der Waals surface area contributed by atoms with E-state index in [-0.39, 0.29) is 24.9 Å². The molecule has 3 rings (SSSR count). The molecule has 0 saturated heterocycles. The number of hydrogen-bond donors (Lipinski definition) is 2. The zero-order valence-electron chi connectivity index (χ0n) is 16.8. The Morgan fingerprint density at radius 1 is 1.23 bits per heavy atom. The molecule has 1 heterocycles. The summed E-state index contributed by atoms with van der Waals surface area (Å²) >= 11 is 0. The fourth-order valence-electron chi connectivity index (χ4n) is 3.48. The highest BCUT2D eigenvalue weighted by atomic mass is 19.1. The summed E-state index contributed by atoms with van der Waals surface area (Å²) in [7, 11) is 0. The minimum absolute atomic E-state index is 0.0757. The van der Waals surface area contributed by atoms with Crippen molar-refractivity contribution < 1.29 is 34.0 Å². The lowest BCUT2D eigenvalue weighted by Crippen LogP contribution is -2.29.